The third-order valence-corrected chi connectivity index (χ3v) is 6.96. The number of anilines is 2. The molecule has 5 nitrogen and oxygen atoms in total. The fourth-order valence-corrected chi connectivity index (χ4v) is 4.86. The number of nitrogens with one attached hydrogen (secondary N) is 1. The lowest BCUT2D eigenvalue weighted by Gasteiger charge is -2.41. The second-order valence-electron chi connectivity index (χ2n) is 8.80. The molecule has 1 aliphatic carbocycles. The van der Waals surface area contributed by atoms with Gasteiger partial charge in [0.05, 0.1) is 5.41 Å². The summed E-state index contributed by atoms with van der Waals surface area (Å²) < 4.78 is 0. The van der Waals surface area contributed by atoms with Gasteiger partial charge in [-0.25, -0.2) is 4.79 Å². The zero-order valence-electron chi connectivity index (χ0n) is 18.5. The van der Waals surface area contributed by atoms with E-state index in [0.29, 0.717) is 18.1 Å². The van der Waals surface area contributed by atoms with Crippen molar-refractivity contribution in [2.75, 3.05) is 23.3 Å². The first-order valence-electron chi connectivity index (χ1n) is 11.1. The fraction of sp³-hybridized carbons (Fsp3) is 0.440. The van der Waals surface area contributed by atoms with Gasteiger partial charge in [0.25, 0.3) is 0 Å². The highest BCUT2D eigenvalue weighted by molar-refractivity contribution is 6.30. The highest BCUT2D eigenvalue weighted by Gasteiger charge is 2.46. The number of urea groups is 1. The molecule has 2 aromatic rings. The van der Waals surface area contributed by atoms with Gasteiger partial charge in [0.2, 0.25) is 5.91 Å². The molecule has 0 spiro atoms. The van der Waals surface area contributed by atoms with Gasteiger partial charge in [0.1, 0.15) is 0 Å². The molecule has 0 aromatic heterocycles. The number of hydrogen-bond donors (Lipinski definition) is 1. The van der Waals surface area contributed by atoms with Gasteiger partial charge in [-0.15, -0.1) is 0 Å². The number of halogens is 1. The van der Waals surface area contributed by atoms with E-state index in [2.05, 4.69) is 11.4 Å². The third kappa shape index (κ3) is 3.91. The summed E-state index contributed by atoms with van der Waals surface area (Å²) in [6, 6.07) is 13.6. The largest absolute Gasteiger partial charge is 0.325 e. The average molecular weight is 440 g/mol. The lowest BCUT2D eigenvalue weighted by atomic mass is 9.63. The highest BCUT2D eigenvalue weighted by Crippen LogP contribution is 2.46. The summed E-state index contributed by atoms with van der Waals surface area (Å²) in [5.41, 5.74) is 3.43. The Bertz CT molecular complexity index is 983. The SMILES string of the molecule is CCN(C(=O)N1CCc2cc(C3(C(=O)Nc4ccc(Cl)cc4)CCC3)ccc21)C(C)C. The topological polar surface area (TPSA) is 52.7 Å². The maximum atomic E-state index is 13.3. The van der Waals surface area contributed by atoms with Crippen LogP contribution in [0.25, 0.3) is 0 Å². The third-order valence-electron chi connectivity index (χ3n) is 6.71. The monoisotopic (exact) mass is 439 g/mol. The zero-order chi connectivity index (χ0) is 22.2. The molecule has 164 valence electrons. The van der Waals surface area contributed by atoms with Crippen molar-refractivity contribution >= 4 is 34.9 Å². The van der Waals surface area contributed by atoms with Gasteiger partial charge >= 0.3 is 6.03 Å². The van der Waals surface area contributed by atoms with Crippen molar-refractivity contribution in [3.05, 3.63) is 58.6 Å². The molecule has 31 heavy (non-hydrogen) atoms. The molecule has 1 saturated carbocycles. The first-order chi connectivity index (χ1) is 14.9. The molecule has 0 unspecified atom stereocenters. The van der Waals surface area contributed by atoms with Crippen LogP contribution in [0.3, 0.4) is 0 Å². The van der Waals surface area contributed by atoms with Gasteiger partial charge in [0, 0.05) is 35.5 Å². The molecule has 2 aliphatic rings. The second-order valence-corrected chi connectivity index (χ2v) is 9.24. The number of benzene rings is 2. The summed E-state index contributed by atoms with van der Waals surface area (Å²) in [5.74, 6) is 0.0314. The van der Waals surface area contributed by atoms with Crippen molar-refractivity contribution in [1.29, 1.82) is 0 Å². The van der Waals surface area contributed by atoms with E-state index in [1.807, 2.05) is 54.8 Å². The molecular weight excluding hydrogens is 410 g/mol. The molecular formula is C25H30ClN3O2. The Balaban J connectivity index is 1.57. The number of hydrogen-bond acceptors (Lipinski definition) is 2. The quantitative estimate of drug-likeness (QED) is 0.657. The lowest BCUT2D eigenvalue weighted by Crippen LogP contribution is -2.46. The fourth-order valence-electron chi connectivity index (χ4n) is 4.74. The maximum Gasteiger partial charge on any atom is 0.324 e. The van der Waals surface area contributed by atoms with Gasteiger partial charge in [-0.3, -0.25) is 9.69 Å². The predicted molar refractivity (Wildman–Crippen MR) is 126 cm³/mol. The van der Waals surface area contributed by atoms with Crippen molar-refractivity contribution in [3.8, 4) is 0 Å². The van der Waals surface area contributed by atoms with E-state index in [1.54, 1.807) is 12.1 Å². The normalized spacial score (nSPS) is 16.6. The summed E-state index contributed by atoms with van der Waals surface area (Å²) in [6.07, 6.45) is 3.53. The van der Waals surface area contributed by atoms with Crippen LogP contribution >= 0.6 is 11.6 Å². The number of nitrogens with zero attached hydrogens (tertiary/aromatic N) is 2. The predicted octanol–water partition coefficient (Wildman–Crippen LogP) is 5.61. The molecule has 2 aromatic carbocycles. The molecule has 0 radical (unpaired) electrons. The molecule has 6 heteroatoms. The number of carbonyl (C=O) groups is 2. The van der Waals surface area contributed by atoms with Crippen LogP contribution in [-0.2, 0) is 16.6 Å². The summed E-state index contributed by atoms with van der Waals surface area (Å²) in [4.78, 5) is 30.1. The lowest BCUT2D eigenvalue weighted by molar-refractivity contribution is -0.124. The Morgan fingerprint density at radius 2 is 1.87 bits per heavy atom. The van der Waals surface area contributed by atoms with Crippen molar-refractivity contribution in [1.82, 2.24) is 4.90 Å². The van der Waals surface area contributed by atoms with Crippen molar-refractivity contribution in [2.24, 2.45) is 0 Å². The summed E-state index contributed by atoms with van der Waals surface area (Å²) in [7, 11) is 0. The molecule has 0 bridgehead atoms. The average Bonchev–Trinajstić information content (AvgIpc) is 3.12. The van der Waals surface area contributed by atoms with Gasteiger partial charge in [-0.2, -0.15) is 0 Å². The van der Waals surface area contributed by atoms with E-state index >= 15 is 0 Å². The minimum absolute atomic E-state index is 0.0314. The molecule has 4 rings (SSSR count). The summed E-state index contributed by atoms with van der Waals surface area (Å²) in [6.45, 7) is 7.47. The van der Waals surface area contributed by atoms with Crippen LogP contribution in [0.4, 0.5) is 16.2 Å². The molecule has 1 aliphatic heterocycles. The number of rotatable bonds is 5. The molecule has 1 fully saturated rings. The van der Waals surface area contributed by atoms with E-state index in [0.717, 1.165) is 48.2 Å². The van der Waals surface area contributed by atoms with E-state index < -0.39 is 5.41 Å². The van der Waals surface area contributed by atoms with Gasteiger partial charge in [-0.05, 0) is 81.5 Å². The van der Waals surface area contributed by atoms with Crippen LogP contribution in [0.5, 0.6) is 0 Å². The maximum absolute atomic E-state index is 13.3. The first-order valence-corrected chi connectivity index (χ1v) is 11.5. The molecule has 1 N–H and O–H groups in total. The number of amides is 3. The molecule has 0 saturated heterocycles. The van der Waals surface area contributed by atoms with E-state index in [-0.39, 0.29) is 18.0 Å². The van der Waals surface area contributed by atoms with Crippen LogP contribution in [0.2, 0.25) is 5.02 Å². The second kappa shape index (κ2) is 8.54. The van der Waals surface area contributed by atoms with Crippen LogP contribution in [-0.4, -0.2) is 36.0 Å². The zero-order valence-corrected chi connectivity index (χ0v) is 19.2. The van der Waals surface area contributed by atoms with Crippen LogP contribution in [0.15, 0.2) is 42.5 Å². The van der Waals surface area contributed by atoms with Gasteiger partial charge in [-0.1, -0.05) is 30.2 Å². The van der Waals surface area contributed by atoms with Crippen molar-refractivity contribution < 1.29 is 9.59 Å². The Hall–Kier alpha value is -2.53. The summed E-state index contributed by atoms with van der Waals surface area (Å²) in [5, 5.41) is 3.72. The standard InChI is InChI=1S/C25H30ClN3O2/c1-4-28(17(2)3)24(31)29-15-12-18-16-19(6-11-22(18)29)25(13-5-14-25)23(30)27-21-9-7-20(26)8-10-21/h6-11,16-17H,4-5,12-15H2,1-3H3,(H,27,30). The van der Waals surface area contributed by atoms with Gasteiger partial charge < -0.3 is 10.2 Å². The summed E-state index contributed by atoms with van der Waals surface area (Å²) >= 11 is 5.96. The van der Waals surface area contributed by atoms with E-state index in [9.17, 15) is 9.59 Å². The molecule has 3 amide bonds. The smallest absolute Gasteiger partial charge is 0.324 e. The Kier molecular flexibility index (Phi) is 5.98. The van der Waals surface area contributed by atoms with Crippen LogP contribution in [0, 0.1) is 0 Å². The number of fused-ring (bicyclic) bond motifs is 1. The van der Waals surface area contributed by atoms with Crippen molar-refractivity contribution in [3.63, 3.8) is 0 Å². The molecule has 0 atom stereocenters. The number of carbonyl (C=O) groups excluding carboxylic acids is 2. The Labute approximate surface area is 189 Å². The van der Waals surface area contributed by atoms with E-state index in [1.165, 1.54) is 0 Å². The Morgan fingerprint density at radius 1 is 1.16 bits per heavy atom. The molecule has 1 heterocycles. The Morgan fingerprint density at radius 3 is 2.45 bits per heavy atom. The highest BCUT2D eigenvalue weighted by atomic mass is 35.5. The van der Waals surface area contributed by atoms with E-state index in [4.69, 9.17) is 11.6 Å². The van der Waals surface area contributed by atoms with Crippen LogP contribution in [0.1, 0.15) is 51.2 Å². The van der Waals surface area contributed by atoms with Crippen LogP contribution < -0.4 is 10.2 Å². The van der Waals surface area contributed by atoms with Gasteiger partial charge in [0.15, 0.2) is 0 Å². The minimum atomic E-state index is -0.501. The van der Waals surface area contributed by atoms with Crippen molar-refractivity contribution in [2.45, 2.75) is 57.9 Å². The first kappa shape index (κ1) is 21.7. The minimum Gasteiger partial charge on any atom is -0.325 e.